The van der Waals surface area contributed by atoms with Gasteiger partial charge in [-0.05, 0) is 55.7 Å². The molecule has 0 spiro atoms. The Kier molecular flexibility index (Phi) is 6.77. The van der Waals surface area contributed by atoms with Gasteiger partial charge in [0.15, 0.2) is 0 Å². The number of carbonyl (C=O) groups is 2. The molecule has 1 aromatic heterocycles. The molecule has 172 valence electrons. The smallest absolute Gasteiger partial charge is 0.322 e. The van der Waals surface area contributed by atoms with Crippen molar-refractivity contribution in [2.45, 2.75) is 23.5 Å². The third-order valence-corrected chi connectivity index (χ3v) is 9.00. The van der Waals surface area contributed by atoms with Crippen LogP contribution in [-0.2, 0) is 10.0 Å². The number of carbonyl (C=O) groups excluding carboxylic acids is 2. The van der Waals surface area contributed by atoms with Gasteiger partial charge in [0, 0.05) is 44.8 Å². The molecule has 3 heterocycles. The SMILES string of the molecule is O=C(Nc1ccc(S(=O)(=O)N2CCCC2)s1)N1CCCN(C(=O)c2ccc(F)cc2)CC1. The van der Waals surface area contributed by atoms with Crippen molar-refractivity contribution in [1.29, 1.82) is 0 Å². The summed E-state index contributed by atoms with van der Waals surface area (Å²) < 4.78 is 40.2. The van der Waals surface area contributed by atoms with E-state index in [1.165, 1.54) is 34.6 Å². The maximum absolute atomic E-state index is 13.1. The van der Waals surface area contributed by atoms with E-state index in [4.69, 9.17) is 0 Å². The minimum absolute atomic E-state index is 0.192. The van der Waals surface area contributed by atoms with E-state index in [9.17, 15) is 22.4 Å². The summed E-state index contributed by atoms with van der Waals surface area (Å²) in [7, 11) is -3.51. The molecule has 1 aromatic carbocycles. The van der Waals surface area contributed by atoms with Gasteiger partial charge in [0.05, 0.1) is 5.00 Å². The predicted molar refractivity (Wildman–Crippen MR) is 120 cm³/mol. The van der Waals surface area contributed by atoms with Crippen molar-refractivity contribution in [2.75, 3.05) is 44.6 Å². The van der Waals surface area contributed by atoms with E-state index in [0.29, 0.717) is 56.3 Å². The van der Waals surface area contributed by atoms with E-state index in [1.54, 1.807) is 15.9 Å². The Bertz CT molecular complexity index is 1080. The van der Waals surface area contributed by atoms with Gasteiger partial charge in [0.2, 0.25) is 0 Å². The fraction of sp³-hybridized carbons (Fsp3) is 0.429. The van der Waals surface area contributed by atoms with Crippen LogP contribution in [0.5, 0.6) is 0 Å². The summed E-state index contributed by atoms with van der Waals surface area (Å²) >= 11 is 1.04. The summed E-state index contributed by atoms with van der Waals surface area (Å²) in [6.45, 7) is 2.75. The number of rotatable bonds is 4. The van der Waals surface area contributed by atoms with Crippen LogP contribution in [-0.4, -0.2) is 73.7 Å². The normalized spacial score (nSPS) is 17.9. The number of urea groups is 1. The van der Waals surface area contributed by atoms with Gasteiger partial charge in [-0.15, -0.1) is 11.3 Å². The molecule has 0 bridgehead atoms. The maximum Gasteiger partial charge on any atom is 0.322 e. The fourth-order valence-electron chi connectivity index (χ4n) is 3.86. The van der Waals surface area contributed by atoms with Gasteiger partial charge in [-0.2, -0.15) is 4.31 Å². The molecule has 1 N–H and O–H groups in total. The molecule has 0 atom stereocenters. The zero-order chi connectivity index (χ0) is 22.7. The lowest BCUT2D eigenvalue weighted by Gasteiger charge is -2.22. The van der Waals surface area contributed by atoms with Gasteiger partial charge in [-0.25, -0.2) is 17.6 Å². The summed E-state index contributed by atoms with van der Waals surface area (Å²) in [5, 5.41) is 3.25. The number of nitrogens with zero attached hydrogens (tertiary/aromatic N) is 3. The summed E-state index contributed by atoms with van der Waals surface area (Å²) in [6, 6.07) is 8.23. The van der Waals surface area contributed by atoms with Gasteiger partial charge in [-0.3, -0.25) is 10.1 Å². The molecule has 2 fully saturated rings. The lowest BCUT2D eigenvalue weighted by Crippen LogP contribution is -2.39. The minimum atomic E-state index is -3.51. The first kappa shape index (κ1) is 22.7. The van der Waals surface area contributed by atoms with Crippen molar-refractivity contribution >= 4 is 38.3 Å². The first-order valence-corrected chi connectivity index (χ1v) is 12.8. The standard InChI is InChI=1S/C21H25FN4O4S2/c22-17-6-4-16(5-7-17)20(27)24-10-3-11-25(15-14-24)21(28)23-18-8-9-19(31-18)32(29,30)26-12-1-2-13-26/h4-9H,1-3,10-15H2,(H,23,28). The number of halogens is 1. The van der Waals surface area contributed by atoms with E-state index in [0.717, 1.165) is 24.2 Å². The number of nitrogens with one attached hydrogen (secondary N) is 1. The molecule has 2 saturated heterocycles. The number of anilines is 1. The van der Waals surface area contributed by atoms with Crippen LogP contribution in [0.25, 0.3) is 0 Å². The van der Waals surface area contributed by atoms with Crippen LogP contribution in [0, 0.1) is 5.82 Å². The second-order valence-corrected chi connectivity index (χ2v) is 11.0. The molecule has 32 heavy (non-hydrogen) atoms. The second-order valence-electron chi connectivity index (χ2n) is 7.80. The van der Waals surface area contributed by atoms with Crippen LogP contribution in [0.3, 0.4) is 0 Å². The van der Waals surface area contributed by atoms with Crippen molar-refractivity contribution in [3.05, 3.63) is 47.8 Å². The Morgan fingerprint density at radius 3 is 2.22 bits per heavy atom. The van der Waals surface area contributed by atoms with Crippen molar-refractivity contribution < 1.29 is 22.4 Å². The largest absolute Gasteiger partial charge is 0.337 e. The molecular weight excluding hydrogens is 455 g/mol. The van der Waals surface area contributed by atoms with E-state index < -0.39 is 15.8 Å². The summed E-state index contributed by atoms with van der Waals surface area (Å²) in [5.74, 6) is -0.590. The molecule has 2 aliphatic heterocycles. The molecular formula is C21H25FN4O4S2. The molecule has 8 nitrogen and oxygen atoms in total. The van der Waals surface area contributed by atoms with Crippen molar-refractivity contribution in [3.63, 3.8) is 0 Å². The molecule has 11 heteroatoms. The Hall–Kier alpha value is -2.50. The van der Waals surface area contributed by atoms with Gasteiger partial charge in [0.1, 0.15) is 10.0 Å². The van der Waals surface area contributed by atoms with Crippen molar-refractivity contribution in [2.24, 2.45) is 0 Å². The Balaban J connectivity index is 1.35. The van der Waals surface area contributed by atoms with E-state index in [2.05, 4.69) is 5.32 Å². The van der Waals surface area contributed by atoms with Crippen LogP contribution in [0.15, 0.2) is 40.6 Å². The molecule has 2 aliphatic rings. The summed E-state index contributed by atoms with van der Waals surface area (Å²) in [5.41, 5.74) is 0.412. The van der Waals surface area contributed by atoms with Gasteiger partial charge in [-0.1, -0.05) is 0 Å². The summed E-state index contributed by atoms with van der Waals surface area (Å²) in [6.07, 6.45) is 2.34. The molecule has 0 unspecified atom stereocenters. The van der Waals surface area contributed by atoms with Gasteiger partial charge < -0.3 is 9.80 Å². The lowest BCUT2D eigenvalue weighted by molar-refractivity contribution is 0.0762. The van der Waals surface area contributed by atoms with E-state index in [-0.39, 0.29) is 16.1 Å². The molecule has 3 amide bonds. The third kappa shape index (κ3) is 4.94. The molecule has 4 rings (SSSR count). The first-order valence-electron chi connectivity index (χ1n) is 10.6. The third-order valence-electron chi connectivity index (χ3n) is 5.63. The van der Waals surface area contributed by atoms with Crippen molar-refractivity contribution in [1.82, 2.24) is 14.1 Å². The zero-order valence-corrected chi connectivity index (χ0v) is 19.1. The molecule has 2 aromatic rings. The lowest BCUT2D eigenvalue weighted by atomic mass is 10.2. The van der Waals surface area contributed by atoms with E-state index >= 15 is 0 Å². The monoisotopic (exact) mass is 480 g/mol. The molecule has 0 aliphatic carbocycles. The van der Waals surface area contributed by atoms with E-state index in [1.807, 2.05) is 0 Å². The highest BCUT2D eigenvalue weighted by Crippen LogP contribution is 2.30. The molecule has 0 radical (unpaired) electrons. The fourth-order valence-corrected chi connectivity index (χ4v) is 6.73. The number of hydrogen-bond acceptors (Lipinski definition) is 5. The average molecular weight is 481 g/mol. The van der Waals surface area contributed by atoms with Crippen LogP contribution in [0.4, 0.5) is 14.2 Å². The highest BCUT2D eigenvalue weighted by molar-refractivity contribution is 7.91. The zero-order valence-electron chi connectivity index (χ0n) is 17.5. The van der Waals surface area contributed by atoms with Gasteiger partial charge in [0.25, 0.3) is 15.9 Å². The topological polar surface area (TPSA) is 90.0 Å². The Morgan fingerprint density at radius 2 is 1.50 bits per heavy atom. The highest BCUT2D eigenvalue weighted by atomic mass is 32.2. The quantitative estimate of drug-likeness (QED) is 0.728. The number of hydrogen-bond donors (Lipinski definition) is 1. The predicted octanol–water partition coefficient (Wildman–Crippen LogP) is 3.05. The summed E-state index contributed by atoms with van der Waals surface area (Å²) in [4.78, 5) is 28.7. The minimum Gasteiger partial charge on any atom is -0.337 e. The van der Waals surface area contributed by atoms with Gasteiger partial charge >= 0.3 is 6.03 Å². The number of benzene rings is 1. The molecule has 0 saturated carbocycles. The van der Waals surface area contributed by atoms with Crippen LogP contribution in [0.1, 0.15) is 29.6 Å². The first-order chi connectivity index (χ1) is 15.3. The van der Waals surface area contributed by atoms with Crippen LogP contribution >= 0.6 is 11.3 Å². The van der Waals surface area contributed by atoms with Crippen LogP contribution < -0.4 is 5.32 Å². The average Bonchev–Trinajstić information content (AvgIpc) is 3.42. The highest BCUT2D eigenvalue weighted by Gasteiger charge is 2.29. The number of sulfonamides is 1. The Labute approximate surface area is 190 Å². The van der Waals surface area contributed by atoms with Crippen molar-refractivity contribution in [3.8, 4) is 0 Å². The number of thiophene rings is 1. The Morgan fingerprint density at radius 1 is 0.844 bits per heavy atom. The van der Waals surface area contributed by atoms with Crippen LogP contribution in [0.2, 0.25) is 0 Å². The second kappa shape index (κ2) is 9.55. The maximum atomic E-state index is 13.1. The number of amides is 3.